The fourth-order valence-electron chi connectivity index (χ4n) is 2.12. The normalized spacial score (nSPS) is 10.6. The Hall–Kier alpha value is -1.97. The molecule has 0 bridgehead atoms. The third-order valence-corrected chi connectivity index (χ3v) is 3.14. The molecule has 1 aromatic heterocycles. The fraction of sp³-hybridized carbons (Fsp3) is 0.438. The van der Waals surface area contributed by atoms with Crippen molar-refractivity contribution in [3.63, 3.8) is 0 Å². The lowest BCUT2D eigenvalue weighted by Crippen LogP contribution is -2.01. The first-order valence-corrected chi connectivity index (χ1v) is 7.21. The molecule has 20 heavy (non-hydrogen) atoms. The minimum absolute atomic E-state index is 0.766. The predicted molar refractivity (Wildman–Crippen MR) is 82.1 cm³/mol. The number of hydrogen-bond acceptors (Lipinski definition) is 3. The third-order valence-electron chi connectivity index (χ3n) is 3.14. The maximum Gasteiger partial charge on any atom is 0.119 e. The molecule has 0 fully saturated rings. The molecule has 0 amide bonds. The Balaban J connectivity index is 1.93. The summed E-state index contributed by atoms with van der Waals surface area (Å²) in [4.78, 5) is 0. The summed E-state index contributed by atoms with van der Waals surface area (Å²) in [5.41, 5.74) is 3.50. The highest BCUT2D eigenvalue weighted by atomic mass is 16.5. The lowest BCUT2D eigenvalue weighted by atomic mass is 10.2. The van der Waals surface area contributed by atoms with Gasteiger partial charge in [-0.1, -0.05) is 13.8 Å². The van der Waals surface area contributed by atoms with E-state index in [0.29, 0.717) is 0 Å². The molecule has 0 aliphatic rings. The molecule has 2 rings (SSSR count). The first-order valence-electron chi connectivity index (χ1n) is 7.21. The lowest BCUT2D eigenvalue weighted by Gasteiger charge is -2.08. The number of aryl methyl sites for hydroxylation is 2. The molecule has 1 N–H and O–H groups in total. The van der Waals surface area contributed by atoms with Gasteiger partial charge in [0.2, 0.25) is 0 Å². The first-order chi connectivity index (χ1) is 9.72. The van der Waals surface area contributed by atoms with Crippen molar-refractivity contribution in [2.24, 2.45) is 7.05 Å². The molecular weight excluding hydrogens is 250 g/mol. The standard InChI is InChI=1S/C16H23N3O/c1-4-10-20-15-8-6-14(7-9-15)17-11-13-12-19(3)18-16(13)5-2/h6-9,12,17H,4-5,10-11H2,1-3H3. The second-order valence-electron chi connectivity index (χ2n) is 4.85. The van der Waals surface area contributed by atoms with Gasteiger partial charge >= 0.3 is 0 Å². The third kappa shape index (κ3) is 3.76. The fourth-order valence-corrected chi connectivity index (χ4v) is 2.12. The summed E-state index contributed by atoms with van der Waals surface area (Å²) in [6, 6.07) is 8.10. The van der Waals surface area contributed by atoms with Gasteiger partial charge in [-0.2, -0.15) is 5.10 Å². The van der Waals surface area contributed by atoms with Gasteiger partial charge in [-0.3, -0.25) is 4.68 Å². The number of hydrogen-bond donors (Lipinski definition) is 1. The summed E-state index contributed by atoms with van der Waals surface area (Å²) in [5.74, 6) is 0.924. The van der Waals surface area contributed by atoms with Crippen LogP contribution in [0, 0.1) is 0 Å². The average molecular weight is 273 g/mol. The van der Waals surface area contributed by atoms with Crippen molar-refractivity contribution in [2.45, 2.75) is 33.2 Å². The van der Waals surface area contributed by atoms with E-state index in [9.17, 15) is 0 Å². The number of benzene rings is 1. The van der Waals surface area contributed by atoms with Gasteiger partial charge in [0, 0.05) is 31.0 Å². The smallest absolute Gasteiger partial charge is 0.119 e. The zero-order chi connectivity index (χ0) is 14.4. The van der Waals surface area contributed by atoms with Crippen LogP contribution in [0.3, 0.4) is 0 Å². The van der Waals surface area contributed by atoms with E-state index in [0.717, 1.165) is 43.1 Å². The SMILES string of the molecule is CCCOc1ccc(NCc2cn(C)nc2CC)cc1. The highest BCUT2D eigenvalue weighted by Gasteiger charge is 2.05. The molecule has 4 heteroatoms. The minimum Gasteiger partial charge on any atom is -0.494 e. The quantitative estimate of drug-likeness (QED) is 0.840. The van der Waals surface area contributed by atoms with Crippen LogP contribution in [0.25, 0.3) is 0 Å². The number of nitrogens with one attached hydrogen (secondary N) is 1. The van der Waals surface area contributed by atoms with Crippen LogP contribution in [0.2, 0.25) is 0 Å². The van der Waals surface area contributed by atoms with Crippen LogP contribution in [0.5, 0.6) is 5.75 Å². The molecule has 0 atom stereocenters. The second-order valence-corrected chi connectivity index (χ2v) is 4.85. The van der Waals surface area contributed by atoms with Crippen LogP contribution >= 0.6 is 0 Å². The number of rotatable bonds is 7. The molecule has 0 aliphatic carbocycles. The van der Waals surface area contributed by atoms with Gasteiger partial charge in [0.25, 0.3) is 0 Å². The largest absolute Gasteiger partial charge is 0.494 e. The van der Waals surface area contributed by atoms with E-state index in [1.165, 1.54) is 5.56 Å². The Kier molecular flexibility index (Phi) is 5.04. The molecule has 0 aliphatic heterocycles. The van der Waals surface area contributed by atoms with Crippen molar-refractivity contribution in [1.82, 2.24) is 9.78 Å². The van der Waals surface area contributed by atoms with E-state index < -0.39 is 0 Å². The Morgan fingerprint density at radius 1 is 1.20 bits per heavy atom. The topological polar surface area (TPSA) is 39.1 Å². The van der Waals surface area contributed by atoms with Crippen LogP contribution in [0.1, 0.15) is 31.5 Å². The van der Waals surface area contributed by atoms with Crippen LogP contribution in [-0.2, 0) is 20.0 Å². The molecule has 0 unspecified atom stereocenters. The van der Waals surface area contributed by atoms with Crippen LogP contribution < -0.4 is 10.1 Å². The summed E-state index contributed by atoms with van der Waals surface area (Å²) >= 11 is 0. The molecule has 2 aromatic rings. The van der Waals surface area contributed by atoms with Gasteiger partial charge in [-0.05, 0) is 37.1 Å². The van der Waals surface area contributed by atoms with Crippen molar-refractivity contribution < 1.29 is 4.74 Å². The van der Waals surface area contributed by atoms with Crippen molar-refractivity contribution in [1.29, 1.82) is 0 Å². The van der Waals surface area contributed by atoms with Gasteiger partial charge in [0.1, 0.15) is 5.75 Å². The predicted octanol–water partition coefficient (Wildman–Crippen LogP) is 3.38. The van der Waals surface area contributed by atoms with E-state index in [-0.39, 0.29) is 0 Å². The summed E-state index contributed by atoms with van der Waals surface area (Å²) in [5, 5.41) is 7.87. The van der Waals surface area contributed by atoms with Crippen molar-refractivity contribution >= 4 is 5.69 Å². The van der Waals surface area contributed by atoms with Crippen LogP contribution in [0.4, 0.5) is 5.69 Å². The van der Waals surface area contributed by atoms with E-state index in [1.807, 2.05) is 36.0 Å². The Bertz CT molecular complexity index is 531. The zero-order valence-electron chi connectivity index (χ0n) is 12.5. The molecule has 4 nitrogen and oxygen atoms in total. The summed E-state index contributed by atoms with van der Waals surface area (Å²) < 4.78 is 7.44. The maximum absolute atomic E-state index is 5.57. The highest BCUT2D eigenvalue weighted by Crippen LogP contribution is 2.17. The maximum atomic E-state index is 5.57. The molecule has 108 valence electrons. The van der Waals surface area contributed by atoms with E-state index in [2.05, 4.69) is 30.5 Å². The van der Waals surface area contributed by atoms with E-state index in [1.54, 1.807) is 0 Å². The second kappa shape index (κ2) is 6.98. The summed E-state index contributed by atoms with van der Waals surface area (Å²) in [6.45, 7) is 5.80. The number of anilines is 1. The molecule has 0 saturated heterocycles. The molecule has 0 spiro atoms. The number of nitrogens with zero attached hydrogens (tertiary/aromatic N) is 2. The molecule has 0 radical (unpaired) electrons. The van der Waals surface area contributed by atoms with Gasteiger partial charge in [0.05, 0.1) is 12.3 Å². The number of aromatic nitrogens is 2. The van der Waals surface area contributed by atoms with Crippen molar-refractivity contribution in [3.05, 3.63) is 41.7 Å². The Labute approximate surface area is 120 Å². The zero-order valence-corrected chi connectivity index (χ0v) is 12.5. The molecular formula is C16H23N3O. The molecule has 1 aromatic carbocycles. The molecule has 1 heterocycles. The summed E-state index contributed by atoms with van der Waals surface area (Å²) in [6.07, 6.45) is 4.06. The lowest BCUT2D eigenvalue weighted by molar-refractivity contribution is 0.317. The Morgan fingerprint density at radius 3 is 2.60 bits per heavy atom. The monoisotopic (exact) mass is 273 g/mol. The average Bonchev–Trinajstić information content (AvgIpc) is 2.84. The van der Waals surface area contributed by atoms with Gasteiger partial charge in [-0.15, -0.1) is 0 Å². The van der Waals surface area contributed by atoms with Gasteiger partial charge in [0.15, 0.2) is 0 Å². The van der Waals surface area contributed by atoms with Crippen LogP contribution in [0.15, 0.2) is 30.5 Å². The van der Waals surface area contributed by atoms with Crippen molar-refractivity contribution in [2.75, 3.05) is 11.9 Å². The minimum atomic E-state index is 0.766. The molecule has 0 saturated carbocycles. The highest BCUT2D eigenvalue weighted by molar-refractivity contribution is 5.46. The van der Waals surface area contributed by atoms with Gasteiger partial charge in [-0.25, -0.2) is 0 Å². The van der Waals surface area contributed by atoms with Crippen LogP contribution in [-0.4, -0.2) is 16.4 Å². The van der Waals surface area contributed by atoms with Crippen molar-refractivity contribution in [3.8, 4) is 5.75 Å². The van der Waals surface area contributed by atoms with E-state index in [4.69, 9.17) is 4.74 Å². The summed E-state index contributed by atoms with van der Waals surface area (Å²) in [7, 11) is 1.96. The Morgan fingerprint density at radius 2 is 1.95 bits per heavy atom. The van der Waals surface area contributed by atoms with E-state index >= 15 is 0 Å². The number of ether oxygens (including phenoxy) is 1. The van der Waals surface area contributed by atoms with Gasteiger partial charge < -0.3 is 10.1 Å². The first kappa shape index (κ1) is 14.4.